The molecule has 1 heterocycles. The first-order chi connectivity index (χ1) is 14.2. The fourth-order valence-corrected chi connectivity index (χ4v) is 5.71. The smallest absolute Gasteiger partial charge is 0.257 e. The van der Waals surface area contributed by atoms with Gasteiger partial charge in [0, 0.05) is 5.57 Å². The number of sulfone groups is 1. The normalized spacial score (nSPS) is 24.8. The second kappa shape index (κ2) is 8.14. The molecule has 10 heteroatoms. The monoisotopic (exact) mass is 456 g/mol. The molecule has 1 aromatic carbocycles. The topological polar surface area (TPSA) is 76.1 Å². The van der Waals surface area contributed by atoms with Crippen LogP contribution in [0.25, 0.3) is 5.57 Å². The molecule has 1 amide bonds. The Labute approximate surface area is 175 Å². The lowest BCUT2D eigenvalue weighted by Gasteiger charge is -2.12. The van der Waals surface area contributed by atoms with Gasteiger partial charge in [-0.1, -0.05) is 29.5 Å². The van der Waals surface area contributed by atoms with Gasteiger partial charge in [0.15, 0.2) is 20.1 Å². The number of hydrogen-bond donors (Lipinski definition) is 1. The molecule has 2 unspecified atom stereocenters. The zero-order valence-electron chi connectivity index (χ0n) is 15.7. The van der Waals surface area contributed by atoms with E-state index < -0.39 is 39.1 Å². The number of halogens is 3. The maximum Gasteiger partial charge on any atom is 0.257 e. The Morgan fingerprint density at radius 1 is 1.13 bits per heavy atom. The zero-order chi connectivity index (χ0) is 21.5. The molecule has 0 aliphatic heterocycles. The van der Waals surface area contributed by atoms with Crippen LogP contribution in [-0.4, -0.2) is 36.9 Å². The number of nitrogens with one attached hydrogen (secondary N) is 1. The highest BCUT2D eigenvalue weighted by Gasteiger charge is 2.37. The largest absolute Gasteiger partial charge is 0.298 e. The van der Waals surface area contributed by atoms with Crippen molar-refractivity contribution in [2.45, 2.75) is 48.2 Å². The van der Waals surface area contributed by atoms with E-state index in [0.717, 1.165) is 6.20 Å². The Hall–Kier alpha value is -2.20. The summed E-state index contributed by atoms with van der Waals surface area (Å²) in [7, 11) is -3.38. The first-order valence-electron chi connectivity index (χ1n) is 9.51. The van der Waals surface area contributed by atoms with Crippen LogP contribution in [0.5, 0.6) is 0 Å². The number of carbonyl (C=O) groups excluding carboxylic acids is 1. The molecule has 1 aromatic heterocycles. The van der Waals surface area contributed by atoms with Crippen molar-refractivity contribution < 1.29 is 26.4 Å². The number of nitrogens with zero attached hydrogens (tertiary/aromatic N) is 1. The maximum absolute atomic E-state index is 13.6. The minimum absolute atomic E-state index is 0.0437. The number of amides is 1. The summed E-state index contributed by atoms with van der Waals surface area (Å²) in [5, 5.41) is 1.61. The third-order valence-electron chi connectivity index (χ3n) is 5.25. The van der Waals surface area contributed by atoms with Crippen LogP contribution in [0.3, 0.4) is 0 Å². The van der Waals surface area contributed by atoms with Crippen LogP contribution in [-0.2, 0) is 14.6 Å². The van der Waals surface area contributed by atoms with Crippen LogP contribution in [0.15, 0.2) is 41.4 Å². The van der Waals surface area contributed by atoms with Gasteiger partial charge in [-0.2, -0.15) is 4.39 Å². The van der Waals surface area contributed by atoms with E-state index in [1.165, 1.54) is 30.3 Å². The van der Waals surface area contributed by atoms with Gasteiger partial charge in [-0.15, -0.1) is 0 Å². The lowest BCUT2D eigenvalue weighted by Crippen LogP contribution is -2.15. The Bertz CT molecular complexity index is 1070. The molecule has 160 valence electrons. The van der Waals surface area contributed by atoms with Gasteiger partial charge < -0.3 is 0 Å². The van der Waals surface area contributed by atoms with E-state index in [2.05, 4.69) is 10.3 Å². The molecule has 2 aliphatic carbocycles. The predicted octanol–water partition coefficient (Wildman–Crippen LogP) is 4.33. The number of thiazole rings is 1. The van der Waals surface area contributed by atoms with E-state index in [9.17, 15) is 26.4 Å². The molecule has 5 nitrogen and oxygen atoms in total. The quantitative estimate of drug-likeness (QED) is 0.657. The van der Waals surface area contributed by atoms with Gasteiger partial charge in [0.1, 0.15) is 12.3 Å². The number of benzene rings is 1. The fraction of sp³-hybridized carbons (Fsp3) is 0.400. The van der Waals surface area contributed by atoms with E-state index in [4.69, 9.17) is 0 Å². The van der Waals surface area contributed by atoms with Crippen LogP contribution in [0, 0.1) is 11.0 Å². The molecule has 0 radical (unpaired) electrons. The molecule has 2 atom stereocenters. The number of rotatable bonds is 6. The Morgan fingerprint density at radius 3 is 2.30 bits per heavy atom. The van der Waals surface area contributed by atoms with E-state index in [1.54, 1.807) is 0 Å². The molecule has 0 saturated heterocycles. The van der Waals surface area contributed by atoms with Gasteiger partial charge in [0.05, 0.1) is 16.3 Å². The van der Waals surface area contributed by atoms with Gasteiger partial charge in [-0.05, 0) is 49.3 Å². The van der Waals surface area contributed by atoms with Crippen molar-refractivity contribution in [2.75, 3.05) is 5.32 Å². The molecule has 30 heavy (non-hydrogen) atoms. The molecule has 2 aromatic rings. The first kappa shape index (κ1) is 21.0. The summed E-state index contributed by atoms with van der Waals surface area (Å²) in [5.74, 6) is -1.10. The summed E-state index contributed by atoms with van der Waals surface area (Å²) in [6.07, 6.45) is 0.479. The fourth-order valence-electron chi connectivity index (χ4n) is 3.52. The van der Waals surface area contributed by atoms with E-state index in [-0.39, 0.29) is 33.7 Å². The van der Waals surface area contributed by atoms with Crippen LogP contribution in [0.4, 0.5) is 18.3 Å². The maximum atomic E-state index is 13.6. The van der Waals surface area contributed by atoms with Crippen LogP contribution < -0.4 is 5.32 Å². The van der Waals surface area contributed by atoms with Gasteiger partial charge >= 0.3 is 0 Å². The summed E-state index contributed by atoms with van der Waals surface area (Å²) >= 11 is 0.652. The van der Waals surface area contributed by atoms with E-state index >= 15 is 0 Å². The third-order valence-corrected chi connectivity index (χ3v) is 8.23. The molecular weight excluding hydrogens is 437 g/mol. The van der Waals surface area contributed by atoms with Crippen LogP contribution in [0.1, 0.15) is 31.2 Å². The number of carbonyl (C=O) groups is 1. The number of anilines is 1. The number of alkyl halides is 2. The van der Waals surface area contributed by atoms with Crippen molar-refractivity contribution in [3.8, 4) is 0 Å². The van der Waals surface area contributed by atoms with Gasteiger partial charge in [-0.3, -0.25) is 10.1 Å². The van der Waals surface area contributed by atoms with Crippen molar-refractivity contribution in [3.05, 3.63) is 47.2 Å². The molecule has 0 bridgehead atoms. The molecule has 0 spiro atoms. The van der Waals surface area contributed by atoms with Crippen molar-refractivity contribution in [1.29, 1.82) is 0 Å². The molecular formula is C20H19F3N2O3S2. The Morgan fingerprint density at radius 2 is 1.77 bits per heavy atom. The molecule has 1 N–H and O–H groups in total. The molecule has 2 saturated carbocycles. The summed E-state index contributed by atoms with van der Waals surface area (Å²) in [6.45, 7) is 0. The van der Waals surface area contributed by atoms with Crippen molar-refractivity contribution >= 4 is 37.8 Å². The summed E-state index contributed by atoms with van der Waals surface area (Å²) in [6, 6.07) is 5.85. The SMILES string of the molecule is O=C(Nc1ncc(F)s1)/C(=C/C1CC(F)C(F)C1)c1ccc(S(=O)(=O)C2CC2)cc1. The summed E-state index contributed by atoms with van der Waals surface area (Å²) in [5.41, 5.74) is 0.532. The number of hydrogen-bond acceptors (Lipinski definition) is 5. The second-order valence-corrected chi connectivity index (χ2v) is 10.7. The van der Waals surface area contributed by atoms with Crippen LogP contribution >= 0.6 is 11.3 Å². The van der Waals surface area contributed by atoms with E-state index in [0.29, 0.717) is 29.7 Å². The Kier molecular flexibility index (Phi) is 5.71. The summed E-state index contributed by atoms with van der Waals surface area (Å²) < 4.78 is 65.2. The van der Waals surface area contributed by atoms with Crippen LogP contribution in [0.2, 0.25) is 0 Å². The minimum Gasteiger partial charge on any atom is -0.298 e. The molecule has 2 fully saturated rings. The number of allylic oxidation sites excluding steroid dienone is 1. The van der Waals surface area contributed by atoms with Crippen molar-refractivity contribution in [2.24, 2.45) is 5.92 Å². The van der Waals surface area contributed by atoms with E-state index in [1.807, 2.05) is 0 Å². The molecule has 4 rings (SSSR count). The van der Waals surface area contributed by atoms with Gasteiger partial charge in [0.25, 0.3) is 5.91 Å². The first-order valence-corrected chi connectivity index (χ1v) is 11.9. The lowest BCUT2D eigenvalue weighted by atomic mass is 9.98. The second-order valence-electron chi connectivity index (χ2n) is 7.54. The third kappa shape index (κ3) is 4.44. The van der Waals surface area contributed by atoms with Crippen molar-refractivity contribution in [3.63, 3.8) is 0 Å². The van der Waals surface area contributed by atoms with Gasteiger partial charge in [0.2, 0.25) is 0 Å². The minimum atomic E-state index is -3.38. The lowest BCUT2D eigenvalue weighted by molar-refractivity contribution is -0.111. The highest BCUT2D eigenvalue weighted by atomic mass is 32.2. The summed E-state index contributed by atoms with van der Waals surface area (Å²) in [4.78, 5) is 16.7. The highest BCUT2D eigenvalue weighted by Crippen LogP contribution is 2.36. The van der Waals surface area contributed by atoms with Gasteiger partial charge in [-0.25, -0.2) is 22.2 Å². The molecule has 2 aliphatic rings. The average Bonchev–Trinajstić information content (AvgIpc) is 3.42. The highest BCUT2D eigenvalue weighted by molar-refractivity contribution is 7.92. The predicted molar refractivity (Wildman–Crippen MR) is 108 cm³/mol. The Balaban J connectivity index is 1.63. The number of aromatic nitrogens is 1. The average molecular weight is 457 g/mol. The standard InChI is InChI=1S/C20H19F3N2O3S2/c21-16-8-11(9-17(16)22)7-15(19(26)25-20-24-10-18(23)29-20)12-1-3-13(4-2-12)30(27,28)14-5-6-14/h1-4,7,10-11,14,16-17H,5-6,8-9H2,(H,24,25,26)/b15-7+. The zero-order valence-corrected chi connectivity index (χ0v) is 17.4. The van der Waals surface area contributed by atoms with Crippen molar-refractivity contribution in [1.82, 2.24) is 4.98 Å².